The van der Waals surface area contributed by atoms with Crippen LogP contribution in [0.5, 0.6) is 0 Å². The maximum absolute atomic E-state index is 12.2. The summed E-state index contributed by atoms with van der Waals surface area (Å²) in [5, 5.41) is 13.9. The molecule has 1 atom stereocenters. The molecule has 1 aromatic heterocycles. The van der Waals surface area contributed by atoms with Crippen LogP contribution in [0.4, 0.5) is 0 Å². The monoisotopic (exact) mass is 295 g/mol. The van der Waals surface area contributed by atoms with Crippen molar-refractivity contribution in [1.82, 2.24) is 15.0 Å². The summed E-state index contributed by atoms with van der Waals surface area (Å²) in [4.78, 5) is 18.3. The molecule has 1 N–H and O–H groups in total. The first-order valence-corrected chi connectivity index (χ1v) is 7.82. The zero-order chi connectivity index (χ0) is 15.3. The molecule has 1 fully saturated rings. The second kappa shape index (κ2) is 7.02. The van der Waals surface area contributed by atoms with Crippen molar-refractivity contribution in [2.45, 2.75) is 64.4 Å². The van der Waals surface area contributed by atoms with E-state index >= 15 is 0 Å². The van der Waals surface area contributed by atoms with Gasteiger partial charge in [-0.2, -0.15) is 4.98 Å². The Labute approximate surface area is 125 Å². The predicted molar refractivity (Wildman–Crippen MR) is 77.7 cm³/mol. The summed E-state index contributed by atoms with van der Waals surface area (Å²) >= 11 is 0. The van der Waals surface area contributed by atoms with Crippen LogP contribution in [0.1, 0.15) is 57.7 Å². The molecule has 1 unspecified atom stereocenters. The Morgan fingerprint density at radius 3 is 2.95 bits per heavy atom. The van der Waals surface area contributed by atoms with Crippen molar-refractivity contribution < 1.29 is 14.4 Å². The Morgan fingerprint density at radius 1 is 1.38 bits per heavy atom. The third-order valence-electron chi connectivity index (χ3n) is 3.95. The van der Waals surface area contributed by atoms with Gasteiger partial charge in [-0.1, -0.05) is 12.1 Å². The number of aryl methyl sites for hydroxylation is 2. The van der Waals surface area contributed by atoms with Gasteiger partial charge in [0.2, 0.25) is 11.8 Å². The molecular weight excluding hydrogens is 270 g/mol. The van der Waals surface area contributed by atoms with Crippen LogP contribution in [0.2, 0.25) is 0 Å². The van der Waals surface area contributed by atoms with E-state index in [0.717, 1.165) is 32.2 Å². The summed E-state index contributed by atoms with van der Waals surface area (Å²) < 4.78 is 5.14. The Kier molecular flexibility index (Phi) is 5.33. The van der Waals surface area contributed by atoms with E-state index in [1.54, 1.807) is 0 Å². The third-order valence-corrected chi connectivity index (χ3v) is 3.95. The first-order valence-electron chi connectivity index (χ1n) is 7.82. The molecule has 1 amide bonds. The number of hydrogen-bond donors (Lipinski definition) is 1. The Hall–Kier alpha value is -1.43. The molecule has 6 nitrogen and oxygen atoms in total. The van der Waals surface area contributed by atoms with Gasteiger partial charge in [0.25, 0.3) is 0 Å². The molecule has 2 rings (SSSR count). The average Bonchev–Trinajstić information content (AvgIpc) is 2.79. The SMILES string of the molecule is CCCc1noc(CCC(=O)N2CCCC(C)(O)CC2)n1. The second-order valence-electron chi connectivity index (χ2n) is 6.09. The third kappa shape index (κ3) is 4.81. The molecule has 0 aliphatic carbocycles. The smallest absolute Gasteiger partial charge is 0.227 e. The Balaban J connectivity index is 1.80. The molecule has 0 bridgehead atoms. The van der Waals surface area contributed by atoms with Gasteiger partial charge in [0.05, 0.1) is 5.60 Å². The minimum absolute atomic E-state index is 0.0999. The molecule has 0 spiro atoms. The lowest BCUT2D eigenvalue weighted by molar-refractivity contribution is -0.131. The topological polar surface area (TPSA) is 79.5 Å². The highest BCUT2D eigenvalue weighted by molar-refractivity contribution is 5.76. The van der Waals surface area contributed by atoms with Gasteiger partial charge in [0.1, 0.15) is 0 Å². The normalized spacial score (nSPS) is 23.1. The summed E-state index contributed by atoms with van der Waals surface area (Å²) in [7, 11) is 0. The number of likely N-dealkylation sites (tertiary alicyclic amines) is 1. The Bertz CT molecular complexity index is 470. The van der Waals surface area contributed by atoms with Gasteiger partial charge in [0.15, 0.2) is 5.82 Å². The quantitative estimate of drug-likeness (QED) is 0.894. The molecule has 1 aromatic rings. The van der Waals surface area contributed by atoms with Gasteiger partial charge >= 0.3 is 0 Å². The van der Waals surface area contributed by atoms with Crippen molar-refractivity contribution in [2.24, 2.45) is 0 Å². The number of carbonyl (C=O) groups excluding carboxylic acids is 1. The number of aromatic nitrogens is 2. The molecule has 118 valence electrons. The minimum atomic E-state index is -0.642. The fraction of sp³-hybridized carbons (Fsp3) is 0.800. The molecule has 0 radical (unpaired) electrons. The molecule has 21 heavy (non-hydrogen) atoms. The summed E-state index contributed by atoms with van der Waals surface area (Å²) in [6, 6.07) is 0. The molecule has 0 saturated carbocycles. The molecule has 2 heterocycles. The van der Waals surface area contributed by atoms with Crippen molar-refractivity contribution in [1.29, 1.82) is 0 Å². The van der Waals surface area contributed by atoms with Crippen LogP contribution in [-0.2, 0) is 17.6 Å². The molecule has 1 aliphatic rings. The summed E-state index contributed by atoms with van der Waals surface area (Å²) in [6.07, 6.45) is 4.89. The summed E-state index contributed by atoms with van der Waals surface area (Å²) in [5.41, 5.74) is -0.642. The molecule has 1 aliphatic heterocycles. The number of carbonyl (C=O) groups is 1. The van der Waals surface area contributed by atoms with E-state index in [0.29, 0.717) is 37.5 Å². The average molecular weight is 295 g/mol. The van der Waals surface area contributed by atoms with E-state index in [1.165, 1.54) is 0 Å². The largest absolute Gasteiger partial charge is 0.390 e. The lowest BCUT2D eigenvalue weighted by Gasteiger charge is -2.22. The highest BCUT2D eigenvalue weighted by Crippen LogP contribution is 2.21. The molecule has 1 saturated heterocycles. The van der Waals surface area contributed by atoms with E-state index < -0.39 is 5.60 Å². The standard InChI is InChI=1S/C15H25N3O3/c1-3-5-12-16-13(21-17-12)6-7-14(19)18-10-4-8-15(2,20)9-11-18/h20H,3-11H2,1-2H3. The van der Waals surface area contributed by atoms with E-state index in [2.05, 4.69) is 17.1 Å². The van der Waals surface area contributed by atoms with Crippen LogP contribution in [0.3, 0.4) is 0 Å². The van der Waals surface area contributed by atoms with Gasteiger partial charge < -0.3 is 14.5 Å². The number of amides is 1. The molecular formula is C15H25N3O3. The maximum Gasteiger partial charge on any atom is 0.227 e. The zero-order valence-corrected chi connectivity index (χ0v) is 13.0. The van der Waals surface area contributed by atoms with Gasteiger partial charge in [-0.05, 0) is 32.6 Å². The lowest BCUT2D eigenvalue weighted by atomic mass is 9.98. The maximum atomic E-state index is 12.2. The lowest BCUT2D eigenvalue weighted by Crippen LogP contribution is -2.33. The minimum Gasteiger partial charge on any atom is -0.390 e. The van der Waals surface area contributed by atoms with Gasteiger partial charge in [-0.3, -0.25) is 4.79 Å². The van der Waals surface area contributed by atoms with Crippen LogP contribution >= 0.6 is 0 Å². The molecule has 6 heteroatoms. The van der Waals surface area contributed by atoms with Crippen molar-refractivity contribution in [3.63, 3.8) is 0 Å². The summed E-state index contributed by atoms with van der Waals surface area (Å²) in [5.74, 6) is 1.35. The van der Waals surface area contributed by atoms with Crippen molar-refractivity contribution in [2.75, 3.05) is 13.1 Å². The van der Waals surface area contributed by atoms with Gasteiger partial charge in [-0.25, -0.2) is 0 Å². The van der Waals surface area contributed by atoms with Crippen molar-refractivity contribution in [3.8, 4) is 0 Å². The van der Waals surface area contributed by atoms with E-state index in [9.17, 15) is 9.90 Å². The fourth-order valence-corrected chi connectivity index (χ4v) is 2.60. The van der Waals surface area contributed by atoms with E-state index in [-0.39, 0.29) is 5.91 Å². The Morgan fingerprint density at radius 2 is 2.19 bits per heavy atom. The predicted octanol–water partition coefficient (Wildman–Crippen LogP) is 1.72. The fourth-order valence-electron chi connectivity index (χ4n) is 2.60. The highest BCUT2D eigenvalue weighted by Gasteiger charge is 2.26. The van der Waals surface area contributed by atoms with Crippen LogP contribution in [-0.4, -0.2) is 44.7 Å². The summed E-state index contributed by atoms with van der Waals surface area (Å²) in [6.45, 7) is 5.25. The van der Waals surface area contributed by atoms with Gasteiger partial charge in [-0.15, -0.1) is 0 Å². The van der Waals surface area contributed by atoms with E-state index in [1.807, 2.05) is 11.8 Å². The number of hydrogen-bond acceptors (Lipinski definition) is 5. The van der Waals surface area contributed by atoms with Crippen LogP contribution in [0.15, 0.2) is 4.52 Å². The second-order valence-corrected chi connectivity index (χ2v) is 6.09. The number of rotatable bonds is 5. The van der Waals surface area contributed by atoms with E-state index in [4.69, 9.17) is 4.52 Å². The first-order chi connectivity index (χ1) is 10.00. The highest BCUT2D eigenvalue weighted by atomic mass is 16.5. The number of aliphatic hydroxyl groups is 1. The molecule has 0 aromatic carbocycles. The van der Waals surface area contributed by atoms with Gasteiger partial charge in [0, 0.05) is 32.4 Å². The first kappa shape index (κ1) is 15.9. The zero-order valence-electron chi connectivity index (χ0n) is 13.0. The van der Waals surface area contributed by atoms with Crippen LogP contribution in [0.25, 0.3) is 0 Å². The van der Waals surface area contributed by atoms with Crippen LogP contribution in [0, 0.1) is 0 Å². The number of nitrogens with zero attached hydrogens (tertiary/aromatic N) is 3. The van der Waals surface area contributed by atoms with Crippen LogP contribution < -0.4 is 0 Å². The van der Waals surface area contributed by atoms with Crippen molar-refractivity contribution >= 4 is 5.91 Å². The van der Waals surface area contributed by atoms with Crippen molar-refractivity contribution in [3.05, 3.63) is 11.7 Å².